The van der Waals surface area contributed by atoms with Crippen molar-refractivity contribution in [3.05, 3.63) is 28.2 Å². The number of carbonyl (C=O) groups is 1. The minimum atomic E-state index is 0.158. The lowest BCUT2D eigenvalue weighted by atomic mass is 9.98. The van der Waals surface area contributed by atoms with Crippen molar-refractivity contribution >= 4 is 34.8 Å². The first-order valence-corrected chi connectivity index (χ1v) is 8.60. The third-order valence-electron chi connectivity index (χ3n) is 4.51. The Morgan fingerprint density at radius 1 is 1.14 bits per heavy atom. The predicted octanol–water partition coefficient (Wildman–Crippen LogP) is 2.64. The SMILES string of the molecule is O=C([C@H]1CCCNC1)N1CCN(c2ccc(Cl)c(Cl)c2)CC1. The summed E-state index contributed by atoms with van der Waals surface area (Å²) >= 11 is 12.0. The Labute approximate surface area is 141 Å². The number of piperazine rings is 1. The summed E-state index contributed by atoms with van der Waals surface area (Å²) in [7, 11) is 0. The van der Waals surface area contributed by atoms with Crippen LogP contribution in [-0.4, -0.2) is 50.1 Å². The molecule has 1 amide bonds. The van der Waals surface area contributed by atoms with Gasteiger partial charge in [0.1, 0.15) is 0 Å². The zero-order chi connectivity index (χ0) is 15.5. The molecule has 4 nitrogen and oxygen atoms in total. The standard InChI is InChI=1S/C16H21Cl2N3O/c17-14-4-3-13(10-15(14)18)20-6-8-21(9-7-20)16(22)12-2-1-5-19-11-12/h3-4,10,12,19H,1-2,5-9,11H2/t12-/m0/s1. The molecule has 120 valence electrons. The van der Waals surface area contributed by atoms with E-state index in [-0.39, 0.29) is 5.92 Å². The van der Waals surface area contributed by atoms with Crippen molar-refractivity contribution in [2.75, 3.05) is 44.2 Å². The van der Waals surface area contributed by atoms with E-state index in [2.05, 4.69) is 10.2 Å². The van der Waals surface area contributed by atoms with Crippen molar-refractivity contribution in [3.63, 3.8) is 0 Å². The summed E-state index contributed by atoms with van der Waals surface area (Å²) in [4.78, 5) is 16.8. The zero-order valence-electron chi connectivity index (χ0n) is 12.5. The highest BCUT2D eigenvalue weighted by atomic mass is 35.5. The van der Waals surface area contributed by atoms with Crippen molar-refractivity contribution in [3.8, 4) is 0 Å². The van der Waals surface area contributed by atoms with Crippen LogP contribution in [0.2, 0.25) is 10.0 Å². The number of nitrogens with zero attached hydrogens (tertiary/aromatic N) is 2. The zero-order valence-corrected chi connectivity index (χ0v) is 14.0. The van der Waals surface area contributed by atoms with Crippen LogP contribution in [0.1, 0.15) is 12.8 Å². The van der Waals surface area contributed by atoms with Crippen molar-refractivity contribution < 1.29 is 4.79 Å². The molecular formula is C16H21Cl2N3O. The van der Waals surface area contributed by atoms with E-state index in [0.717, 1.165) is 57.8 Å². The second-order valence-electron chi connectivity index (χ2n) is 5.95. The molecule has 2 aliphatic rings. The van der Waals surface area contributed by atoms with Gasteiger partial charge < -0.3 is 15.1 Å². The van der Waals surface area contributed by atoms with E-state index < -0.39 is 0 Å². The molecule has 0 radical (unpaired) electrons. The largest absolute Gasteiger partial charge is 0.368 e. The number of nitrogens with one attached hydrogen (secondary N) is 1. The number of carbonyl (C=O) groups excluding carboxylic acids is 1. The molecule has 2 fully saturated rings. The molecule has 2 saturated heterocycles. The van der Waals surface area contributed by atoms with Crippen LogP contribution in [0.25, 0.3) is 0 Å². The van der Waals surface area contributed by atoms with Crippen LogP contribution in [0.5, 0.6) is 0 Å². The maximum absolute atomic E-state index is 12.5. The molecule has 22 heavy (non-hydrogen) atoms. The van der Waals surface area contributed by atoms with Crippen LogP contribution < -0.4 is 10.2 Å². The van der Waals surface area contributed by atoms with Gasteiger partial charge in [0.15, 0.2) is 0 Å². The summed E-state index contributed by atoms with van der Waals surface area (Å²) in [5.74, 6) is 0.464. The van der Waals surface area contributed by atoms with Crippen LogP contribution >= 0.6 is 23.2 Å². The molecule has 1 N–H and O–H groups in total. The van der Waals surface area contributed by atoms with E-state index in [1.165, 1.54) is 0 Å². The van der Waals surface area contributed by atoms with Gasteiger partial charge in [-0.3, -0.25) is 4.79 Å². The Hall–Kier alpha value is -0.970. The van der Waals surface area contributed by atoms with Crippen molar-refractivity contribution in [2.24, 2.45) is 5.92 Å². The average molecular weight is 342 g/mol. The van der Waals surface area contributed by atoms with Gasteiger partial charge in [0, 0.05) is 38.4 Å². The van der Waals surface area contributed by atoms with Crippen LogP contribution in [0, 0.1) is 5.92 Å². The molecule has 2 heterocycles. The molecule has 1 atom stereocenters. The number of benzene rings is 1. The summed E-state index contributed by atoms with van der Waals surface area (Å²) in [5.41, 5.74) is 1.07. The molecular weight excluding hydrogens is 321 g/mol. The van der Waals surface area contributed by atoms with Crippen LogP contribution in [0.4, 0.5) is 5.69 Å². The van der Waals surface area contributed by atoms with Gasteiger partial charge >= 0.3 is 0 Å². The first kappa shape index (κ1) is 15.9. The normalized spacial score (nSPS) is 22.7. The molecule has 0 aliphatic carbocycles. The highest BCUT2D eigenvalue weighted by Crippen LogP contribution is 2.28. The van der Waals surface area contributed by atoms with E-state index in [1.807, 2.05) is 23.1 Å². The maximum Gasteiger partial charge on any atom is 0.227 e. The highest BCUT2D eigenvalue weighted by Gasteiger charge is 2.28. The number of rotatable bonds is 2. The van der Waals surface area contributed by atoms with E-state index in [4.69, 9.17) is 23.2 Å². The van der Waals surface area contributed by atoms with E-state index >= 15 is 0 Å². The third kappa shape index (κ3) is 3.50. The number of piperidine rings is 1. The summed E-state index contributed by atoms with van der Waals surface area (Å²) in [6.45, 7) is 5.08. The van der Waals surface area contributed by atoms with Gasteiger partial charge in [0.2, 0.25) is 5.91 Å². The Bertz CT molecular complexity index is 538. The molecule has 1 aromatic carbocycles. The third-order valence-corrected chi connectivity index (χ3v) is 5.24. The van der Waals surface area contributed by atoms with Gasteiger partial charge in [-0.2, -0.15) is 0 Å². The number of halogens is 2. The van der Waals surface area contributed by atoms with Gasteiger partial charge in [-0.05, 0) is 37.6 Å². The Kier molecular flexibility index (Phi) is 5.11. The molecule has 0 bridgehead atoms. The number of amides is 1. The highest BCUT2D eigenvalue weighted by molar-refractivity contribution is 6.42. The first-order valence-electron chi connectivity index (χ1n) is 7.84. The second kappa shape index (κ2) is 7.07. The monoisotopic (exact) mass is 341 g/mol. The van der Waals surface area contributed by atoms with Gasteiger partial charge in [-0.1, -0.05) is 23.2 Å². The summed E-state index contributed by atoms with van der Waals surface area (Å²) < 4.78 is 0. The van der Waals surface area contributed by atoms with Crippen LogP contribution in [0.3, 0.4) is 0 Å². The number of hydrogen-bond acceptors (Lipinski definition) is 3. The maximum atomic E-state index is 12.5. The Morgan fingerprint density at radius 3 is 2.55 bits per heavy atom. The number of hydrogen-bond donors (Lipinski definition) is 1. The lowest BCUT2D eigenvalue weighted by Crippen LogP contribution is -2.52. The molecule has 0 spiro atoms. The summed E-state index contributed by atoms with van der Waals surface area (Å²) in [6, 6.07) is 5.70. The lowest BCUT2D eigenvalue weighted by Gasteiger charge is -2.38. The minimum absolute atomic E-state index is 0.158. The van der Waals surface area contributed by atoms with Crippen molar-refractivity contribution in [1.82, 2.24) is 10.2 Å². The molecule has 0 aromatic heterocycles. The molecule has 1 aromatic rings. The second-order valence-corrected chi connectivity index (χ2v) is 6.77. The quantitative estimate of drug-likeness (QED) is 0.898. The smallest absolute Gasteiger partial charge is 0.227 e. The fraction of sp³-hybridized carbons (Fsp3) is 0.562. The van der Waals surface area contributed by atoms with E-state index in [1.54, 1.807) is 0 Å². The van der Waals surface area contributed by atoms with Crippen LogP contribution in [0.15, 0.2) is 18.2 Å². The van der Waals surface area contributed by atoms with Crippen molar-refractivity contribution in [2.45, 2.75) is 12.8 Å². The predicted molar refractivity (Wildman–Crippen MR) is 90.8 cm³/mol. The summed E-state index contributed by atoms with van der Waals surface area (Å²) in [5, 5.41) is 4.46. The molecule has 2 aliphatic heterocycles. The first-order chi connectivity index (χ1) is 10.6. The molecule has 0 unspecified atom stereocenters. The van der Waals surface area contributed by atoms with Crippen LogP contribution in [-0.2, 0) is 4.79 Å². The number of anilines is 1. The molecule has 6 heteroatoms. The Balaban J connectivity index is 1.57. The van der Waals surface area contributed by atoms with Gasteiger partial charge in [-0.25, -0.2) is 0 Å². The fourth-order valence-electron chi connectivity index (χ4n) is 3.19. The molecule has 0 saturated carbocycles. The average Bonchev–Trinajstić information content (AvgIpc) is 2.58. The summed E-state index contributed by atoms with van der Waals surface area (Å²) in [6.07, 6.45) is 2.11. The van der Waals surface area contributed by atoms with E-state index in [9.17, 15) is 4.79 Å². The minimum Gasteiger partial charge on any atom is -0.368 e. The lowest BCUT2D eigenvalue weighted by molar-refractivity contribution is -0.136. The molecule has 3 rings (SSSR count). The van der Waals surface area contributed by atoms with E-state index in [0.29, 0.717) is 16.0 Å². The van der Waals surface area contributed by atoms with Gasteiger partial charge in [0.25, 0.3) is 0 Å². The Morgan fingerprint density at radius 2 is 1.91 bits per heavy atom. The van der Waals surface area contributed by atoms with Crippen molar-refractivity contribution in [1.29, 1.82) is 0 Å². The van der Waals surface area contributed by atoms with Gasteiger partial charge in [0.05, 0.1) is 16.0 Å². The topological polar surface area (TPSA) is 35.6 Å². The fourth-order valence-corrected chi connectivity index (χ4v) is 3.48. The van der Waals surface area contributed by atoms with Gasteiger partial charge in [-0.15, -0.1) is 0 Å².